The van der Waals surface area contributed by atoms with Gasteiger partial charge in [-0.25, -0.2) is 23.9 Å². The number of hydrogen-bond acceptors (Lipinski definition) is 6. The SMILES string of the molecule is N#Cc1cc(N2CCc3[nH]cnc3[C@@H]2c2cc3c(F)cccn3n2)ncn1. The molecular formula is C18H13FN8. The van der Waals surface area contributed by atoms with Crippen LogP contribution in [0.5, 0.6) is 0 Å². The Morgan fingerprint density at radius 3 is 3.04 bits per heavy atom. The summed E-state index contributed by atoms with van der Waals surface area (Å²) in [5.41, 5.74) is 3.18. The summed E-state index contributed by atoms with van der Waals surface area (Å²) in [7, 11) is 0. The summed E-state index contributed by atoms with van der Waals surface area (Å²) in [5.74, 6) is 0.271. The number of aromatic nitrogens is 6. The first-order valence-electron chi connectivity index (χ1n) is 8.39. The Morgan fingerprint density at radius 1 is 1.26 bits per heavy atom. The molecule has 0 saturated carbocycles. The fraction of sp³-hybridized carbons (Fsp3) is 0.167. The van der Waals surface area contributed by atoms with Crippen molar-refractivity contribution in [1.29, 1.82) is 5.26 Å². The molecule has 4 aromatic heterocycles. The van der Waals surface area contributed by atoms with Crippen LogP contribution in [0.1, 0.15) is 28.8 Å². The van der Waals surface area contributed by atoms with E-state index in [4.69, 9.17) is 5.26 Å². The molecule has 0 radical (unpaired) electrons. The number of anilines is 1. The van der Waals surface area contributed by atoms with E-state index in [-0.39, 0.29) is 17.6 Å². The molecule has 0 bridgehead atoms. The first-order valence-corrected chi connectivity index (χ1v) is 8.39. The predicted molar refractivity (Wildman–Crippen MR) is 93.4 cm³/mol. The third-order valence-corrected chi connectivity index (χ3v) is 4.74. The fourth-order valence-electron chi connectivity index (χ4n) is 3.52. The highest BCUT2D eigenvalue weighted by Gasteiger charge is 2.34. The third kappa shape index (κ3) is 2.42. The predicted octanol–water partition coefficient (Wildman–Crippen LogP) is 2.01. The molecule has 1 N–H and O–H groups in total. The van der Waals surface area contributed by atoms with Gasteiger partial charge in [0.05, 0.1) is 17.7 Å². The molecule has 5 rings (SSSR count). The standard InChI is InChI=1S/C18H13FN8/c19-12-2-1-4-27-15(12)7-14(25-27)18-17-13(22-10-24-17)3-5-26(18)16-6-11(8-20)21-9-23-16/h1-2,4,6-7,9-10,18H,3,5H2,(H,22,24)/t18-/m0/s1. The van der Waals surface area contributed by atoms with Gasteiger partial charge in [-0.05, 0) is 18.2 Å². The highest BCUT2D eigenvalue weighted by Crippen LogP contribution is 2.36. The smallest absolute Gasteiger partial charge is 0.148 e. The largest absolute Gasteiger partial charge is 0.348 e. The molecule has 4 aromatic rings. The Morgan fingerprint density at radius 2 is 2.19 bits per heavy atom. The van der Waals surface area contributed by atoms with Crippen LogP contribution in [0.3, 0.4) is 0 Å². The minimum absolute atomic E-state index is 0.285. The topological polar surface area (TPSA) is 98.8 Å². The van der Waals surface area contributed by atoms with E-state index in [0.717, 1.165) is 17.8 Å². The minimum Gasteiger partial charge on any atom is -0.348 e. The Labute approximate surface area is 152 Å². The van der Waals surface area contributed by atoms with Gasteiger partial charge >= 0.3 is 0 Å². The zero-order chi connectivity index (χ0) is 18.4. The number of nitriles is 1. The van der Waals surface area contributed by atoms with Crippen LogP contribution < -0.4 is 4.90 Å². The van der Waals surface area contributed by atoms with Gasteiger partial charge in [-0.1, -0.05) is 0 Å². The van der Waals surface area contributed by atoms with Crippen LogP contribution in [-0.4, -0.2) is 36.1 Å². The second-order valence-electron chi connectivity index (χ2n) is 6.24. The van der Waals surface area contributed by atoms with E-state index in [0.29, 0.717) is 23.6 Å². The molecule has 8 nitrogen and oxygen atoms in total. The minimum atomic E-state index is -0.347. The van der Waals surface area contributed by atoms with Crippen molar-refractivity contribution in [3.05, 3.63) is 71.7 Å². The van der Waals surface area contributed by atoms with Crippen molar-refractivity contribution in [3.63, 3.8) is 0 Å². The molecule has 132 valence electrons. The monoisotopic (exact) mass is 360 g/mol. The second-order valence-corrected chi connectivity index (χ2v) is 6.24. The summed E-state index contributed by atoms with van der Waals surface area (Å²) in [4.78, 5) is 17.9. The van der Waals surface area contributed by atoms with Gasteiger partial charge in [0.15, 0.2) is 0 Å². The molecule has 0 saturated heterocycles. The average Bonchev–Trinajstić information content (AvgIpc) is 3.34. The van der Waals surface area contributed by atoms with Crippen molar-refractivity contribution >= 4 is 11.3 Å². The van der Waals surface area contributed by atoms with E-state index in [9.17, 15) is 4.39 Å². The lowest BCUT2D eigenvalue weighted by Crippen LogP contribution is -2.37. The Bertz CT molecular complexity index is 1190. The molecular weight excluding hydrogens is 347 g/mol. The number of rotatable bonds is 2. The maximum absolute atomic E-state index is 14.2. The molecule has 0 aromatic carbocycles. The van der Waals surface area contributed by atoms with Crippen LogP contribution >= 0.6 is 0 Å². The molecule has 0 unspecified atom stereocenters. The van der Waals surface area contributed by atoms with Crippen molar-refractivity contribution < 1.29 is 4.39 Å². The van der Waals surface area contributed by atoms with Crippen LogP contribution in [0.25, 0.3) is 5.52 Å². The lowest BCUT2D eigenvalue weighted by atomic mass is 9.99. The van der Waals surface area contributed by atoms with Gasteiger partial charge in [0.25, 0.3) is 0 Å². The van der Waals surface area contributed by atoms with Gasteiger partial charge in [-0.3, -0.25) is 0 Å². The Hall–Kier alpha value is -3.80. The molecule has 9 heteroatoms. The number of aromatic amines is 1. The van der Waals surface area contributed by atoms with Crippen molar-refractivity contribution in [2.24, 2.45) is 0 Å². The second kappa shape index (κ2) is 5.88. The van der Waals surface area contributed by atoms with Gasteiger partial charge in [-0.15, -0.1) is 0 Å². The van der Waals surface area contributed by atoms with Crippen LogP contribution in [0, 0.1) is 17.1 Å². The lowest BCUT2D eigenvalue weighted by Gasteiger charge is -2.34. The number of H-pyrrole nitrogens is 1. The summed E-state index contributed by atoms with van der Waals surface area (Å²) >= 11 is 0. The Balaban J connectivity index is 1.69. The van der Waals surface area contributed by atoms with E-state index in [1.807, 2.05) is 11.0 Å². The van der Waals surface area contributed by atoms with Crippen LogP contribution in [0.4, 0.5) is 10.2 Å². The van der Waals surface area contributed by atoms with Gasteiger partial charge in [-0.2, -0.15) is 10.4 Å². The first kappa shape index (κ1) is 15.5. The molecule has 0 amide bonds. The van der Waals surface area contributed by atoms with Gasteiger partial charge < -0.3 is 9.88 Å². The molecule has 1 atom stereocenters. The summed E-state index contributed by atoms with van der Waals surface area (Å²) in [6.45, 7) is 0.651. The van der Waals surface area contributed by atoms with Crippen molar-refractivity contribution in [2.75, 3.05) is 11.4 Å². The van der Waals surface area contributed by atoms with Crippen LogP contribution in [0.2, 0.25) is 0 Å². The molecule has 0 spiro atoms. The van der Waals surface area contributed by atoms with E-state index >= 15 is 0 Å². The molecule has 1 aliphatic rings. The van der Waals surface area contributed by atoms with Crippen molar-refractivity contribution in [3.8, 4) is 6.07 Å². The highest BCUT2D eigenvalue weighted by molar-refractivity contribution is 5.55. The fourth-order valence-corrected chi connectivity index (χ4v) is 3.52. The summed E-state index contributed by atoms with van der Waals surface area (Å²) < 4.78 is 15.7. The van der Waals surface area contributed by atoms with E-state index in [2.05, 4.69) is 25.0 Å². The average molecular weight is 360 g/mol. The number of hydrogen-bond donors (Lipinski definition) is 1. The molecule has 1 aliphatic heterocycles. The number of fused-ring (bicyclic) bond motifs is 2. The van der Waals surface area contributed by atoms with Crippen molar-refractivity contribution in [1.82, 2.24) is 29.5 Å². The summed E-state index contributed by atoms with van der Waals surface area (Å²) in [6, 6.07) is 8.07. The van der Waals surface area contributed by atoms with Crippen molar-refractivity contribution in [2.45, 2.75) is 12.5 Å². The quantitative estimate of drug-likeness (QED) is 0.587. The third-order valence-electron chi connectivity index (χ3n) is 4.74. The normalized spacial score (nSPS) is 16.3. The number of halogens is 1. The van der Waals surface area contributed by atoms with E-state index in [1.165, 1.54) is 16.9 Å². The number of pyridine rings is 1. The molecule has 0 fully saturated rings. The van der Waals surface area contributed by atoms with Crippen LogP contribution in [-0.2, 0) is 6.42 Å². The number of nitrogens with one attached hydrogen (secondary N) is 1. The zero-order valence-electron chi connectivity index (χ0n) is 14.0. The van der Waals surface area contributed by atoms with E-state index < -0.39 is 0 Å². The molecule has 5 heterocycles. The molecule has 0 aliphatic carbocycles. The maximum Gasteiger partial charge on any atom is 0.148 e. The summed E-state index contributed by atoms with van der Waals surface area (Å²) in [6.07, 6.45) is 5.48. The first-order chi connectivity index (χ1) is 13.2. The van der Waals surface area contributed by atoms with Crippen LogP contribution in [0.15, 0.2) is 43.1 Å². The van der Waals surface area contributed by atoms with Gasteiger partial charge in [0, 0.05) is 30.9 Å². The summed E-state index contributed by atoms with van der Waals surface area (Å²) in [5, 5.41) is 13.7. The molecule has 27 heavy (non-hydrogen) atoms. The Kier molecular flexibility index (Phi) is 3.36. The number of imidazole rings is 1. The van der Waals surface area contributed by atoms with Gasteiger partial charge in [0.2, 0.25) is 0 Å². The zero-order valence-corrected chi connectivity index (χ0v) is 14.0. The van der Waals surface area contributed by atoms with Gasteiger partial charge in [0.1, 0.15) is 41.3 Å². The number of nitrogens with zero attached hydrogens (tertiary/aromatic N) is 7. The van der Waals surface area contributed by atoms with E-state index in [1.54, 1.807) is 30.7 Å². The lowest BCUT2D eigenvalue weighted by molar-refractivity contribution is 0.608. The maximum atomic E-state index is 14.2. The highest BCUT2D eigenvalue weighted by atomic mass is 19.1.